The van der Waals surface area contributed by atoms with E-state index in [0.29, 0.717) is 6.04 Å². The fraction of sp³-hybridized carbons (Fsp3) is 0.818. The summed E-state index contributed by atoms with van der Waals surface area (Å²) in [6, 6.07) is 0.413. The van der Waals surface area contributed by atoms with E-state index in [0.717, 1.165) is 25.3 Å². The van der Waals surface area contributed by atoms with Crippen molar-refractivity contribution in [1.82, 2.24) is 20.1 Å². The molecule has 0 unspecified atom stereocenters. The highest BCUT2D eigenvalue weighted by Crippen LogP contribution is 2.07. The van der Waals surface area contributed by atoms with Crippen molar-refractivity contribution in [3.8, 4) is 0 Å². The van der Waals surface area contributed by atoms with E-state index in [-0.39, 0.29) is 0 Å². The highest BCUT2D eigenvalue weighted by molar-refractivity contribution is 4.86. The Bertz CT molecular complexity index is 267. The lowest BCUT2D eigenvalue weighted by atomic mass is 10.2. The third kappa shape index (κ3) is 4.00. The lowest BCUT2D eigenvalue weighted by Crippen LogP contribution is -2.14. The fourth-order valence-corrected chi connectivity index (χ4v) is 1.59. The van der Waals surface area contributed by atoms with Crippen LogP contribution in [-0.2, 0) is 6.42 Å². The maximum absolute atomic E-state index is 4.29. The van der Waals surface area contributed by atoms with Gasteiger partial charge in [0.1, 0.15) is 12.2 Å². The average molecular weight is 210 g/mol. The molecule has 86 valence electrons. The van der Waals surface area contributed by atoms with Crippen LogP contribution in [-0.4, -0.2) is 27.9 Å². The van der Waals surface area contributed by atoms with Crippen LogP contribution in [0.2, 0.25) is 0 Å². The quantitative estimate of drug-likeness (QED) is 0.698. The summed E-state index contributed by atoms with van der Waals surface area (Å²) in [5.74, 6) is 1.11. The lowest BCUT2D eigenvalue weighted by Gasteiger charge is -2.08. The minimum Gasteiger partial charge on any atom is -0.317 e. The van der Waals surface area contributed by atoms with Gasteiger partial charge in [0.15, 0.2) is 0 Å². The van der Waals surface area contributed by atoms with Gasteiger partial charge in [-0.05, 0) is 39.8 Å². The van der Waals surface area contributed by atoms with Crippen LogP contribution in [0.5, 0.6) is 0 Å². The van der Waals surface area contributed by atoms with Crippen LogP contribution in [0.25, 0.3) is 0 Å². The van der Waals surface area contributed by atoms with Gasteiger partial charge in [0.05, 0.1) is 0 Å². The van der Waals surface area contributed by atoms with Crippen molar-refractivity contribution in [1.29, 1.82) is 0 Å². The fourth-order valence-electron chi connectivity index (χ4n) is 1.59. The van der Waals surface area contributed by atoms with Crippen molar-refractivity contribution < 1.29 is 0 Å². The monoisotopic (exact) mass is 210 g/mol. The highest BCUT2D eigenvalue weighted by Gasteiger charge is 2.06. The predicted octanol–water partition coefficient (Wildman–Crippen LogP) is 1.79. The molecule has 4 nitrogen and oxygen atoms in total. The molecule has 0 radical (unpaired) electrons. The van der Waals surface area contributed by atoms with Gasteiger partial charge in [-0.25, -0.2) is 9.67 Å². The van der Waals surface area contributed by atoms with Crippen LogP contribution in [0, 0.1) is 0 Å². The number of unbranched alkanes of at least 4 members (excludes halogenated alkanes) is 1. The first-order chi connectivity index (χ1) is 7.25. The molecule has 0 aromatic carbocycles. The summed E-state index contributed by atoms with van der Waals surface area (Å²) in [6.45, 7) is 8.57. The maximum Gasteiger partial charge on any atom is 0.138 e. The van der Waals surface area contributed by atoms with Crippen molar-refractivity contribution in [3.05, 3.63) is 12.2 Å². The first-order valence-corrected chi connectivity index (χ1v) is 5.84. The van der Waals surface area contributed by atoms with Gasteiger partial charge in [-0.15, -0.1) is 0 Å². The zero-order valence-electron chi connectivity index (χ0n) is 10.0. The highest BCUT2D eigenvalue weighted by atomic mass is 15.3. The second-order valence-corrected chi connectivity index (χ2v) is 4.03. The molecule has 0 atom stereocenters. The molecule has 0 spiro atoms. The zero-order valence-corrected chi connectivity index (χ0v) is 10.0. The first kappa shape index (κ1) is 12.2. The van der Waals surface area contributed by atoms with Crippen molar-refractivity contribution in [2.45, 2.75) is 46.1 Å². The van der Waals surface area contributed by atoms with Gasteiger partial charge in [-0.1, -0.05) is 6.92 Å². The molecule has 0 aliphatic carbocycles. The Kier molecular flexibility index (Phi) is 5.32. The Morgan fingerprint density at radius 3 is 2.87 bits per heavy atom. The van der Waals surface area contributed by atoms with E-state index in [1.54, 1.807) is 6.33 Å². The summed E-state index contributed by atoms with van der Waals surface area (Å²) in [7, 11) is 0. The van der Waals surface area contributed by atoms with Gasteiger partial charge in [-0.2, -0.15) is 5.10 Å². The zero-order chi connectivity index (χ0) is 11.1. The minimum absolute atomic E-state index is 0.413. The molecule has 1 N–H and O–H groups in total. The van der Waals surface area contributed by atoms with Crippen LogP contribution >= 0.6 is 0 Å². The summed E-state index contributed by atoms with van der Waals surface area (Å²) in [6.07, 6.45) is 5.07. The van der Waals surface area contributed by atoms with E-state index in [1.807, 2.05) is 4.68 Å². The molecule has 1 aromatic rings. The number of rotatable bonds is 7. The molecule has 0 amide bonds. The van der Waals surface area contributed by atoms with Crippen molar-refractivity contribution >= 4 is 0 Å². The normalized spacial score (nSPS) is 11.2. The van der Waals surface area contributed by atoms with E-state index in [2.05, 4.69) is 36.2 Å². The van der Waals surface area contributed by atoms with Crippen molar-refractivity contribution in [2.24, 2.45) is 0 Å². The van der Waals surface area contributed by atoms with Crippen molar-refractivity contribution in [3.63, 3.8) is 0 Å². The predicted molar refractivity (Wildman–Crippen MR) is 61.9 cm³/mol. The van der Waals surface area contributed by atoms with Gasteiger partial charge < -0.3 is 5.32 Å². The van der Waals surface area contributed by atoms with Crippen LogP contribution < -0.4 is 5.32 Å². The van der Waals surface area contributed by atoms with Crippen LogP contribution in [0.1, 0.15) is 45.5 Å². The second kappa shape index (κ2) is 6.56. The van der Waals surface area contributed by atoms with Gasteiger partial charge >= 0.3 is 0 Å². The molecule has 0 saturated heterocycles. The minimum atomic E-state index is 0.413. The van der Waals surface area contributed by atoms with Gasteiger partial charge in [0.2, 0.25) is 0 Å². The number of nitrogens with zero attached hydrogens (tertiary/aromatic N) is 3. The molecule has 1 aromatic heterocycles. The standard InChI is InChI=1S/C11H22N4/c1-4-12-8-6-5-7-11-13-9-14-15(11)10(2)3/h9-10,12H,4-8H2,1-3H3. The largest absolute Gasteiger partial charge is 0.317 e. The number of aryl methyl sites for hydroxylation is 1. The van der Waals surface area contributed by atoms with Crippen molar-refractivity contribution in [2.75, 3.05) is 13.1 Å². The van der Waals surface area contributed by atoms with E-state index >= 15 is 0 Å². The molecule has 15 heavy (non-hydrogen) atoms. The van der Waals surface area contributed by atoms with Crippen LogP contribution in [0.3, 0.4) is 0 Å². The number of nitrogens with one attached hydrogen (secondary N) is 1. The SMILES string of the molecule is CCNCCCCc1ncnn1C(C)C. The topological polar surface area (TPSA) is 42.7 Å². The van der Waals surface area contributed by atoms with Gasteiger partial charge in [-0.3, -0.25) is 0 Å². The summed E-state index contributed by atoms with van der Waals surface area (Å²) >= 11 is 0. The van der Waals surface area contributed by atoms with Crippen LogP contribution in [0.15, 0.2) is 6.33 Å². The number of aromatic nitrogens is 3. The van der Waals surface area contributed by atoms with E-state index in [4.69, 9.17) is 0 Å². The van der Waals surface area contributed by atoms with E-state index in [9.17, 15) is 0 Å². The molecular weight excluding hydrogens is 188 g/mol. The molecule has 0 aliphatic rings. The summed E-state index contributed by atoms with van der Waals surface area (Å²) in [5, 5.41) is 7.54. The number of hydrogen-bond donors (Lipinski definition) is 1. The second-order valence-electron chi connectivity index (χ2n) is 4.03. The lowest BCUT2D eigenvalue weighted by molar-refractivity contribution is 0.497. The third-order valence-corrected chi connectivity index (χ3v) is 2.39. The molecule has 1 heterocycles. The first-order valence-electron chi connectivity index (χ1n) is 5.84. The summed E-state index contributed by atoms with van der Waals surface area (Å²) in [5.41, 5.74) is 0. The van der Waals surface area contributed by atoms with E-state index < -0.39 is 0 Å². The molecule has 0 saturated carbocycles. The molecule has 0 fully saturated rings. The van der Waals surface area contributed by atoms with E-state index in [1.165, 1.54) is 12.8 Å². The molecule has 0 aliphatic heterocycles. The number of hydrogen-bond acceptors (Lipinski definition) is 3. The Morgan fingerprint density at radius 1 is 1.40 bits per heavy atom. The molecule has 4 heteroatoms. The Balaban J connectivity index is 2.28. The molecule has 0 bridgehead atoms. The van der Waals surface area contributed by atoms with Gasteiger partial charge in [0, 0.05) is 12.5 Å². The third-order valence-electron chi connectivity index (χ3n) is 2.39. The molecular formula is C11H22N4. The average Bonchev–Trinajstić information content (AvgIpc) is 2.66. The van der Waals surface area contributed by atoms with Crippen LogP contribution in [0.4, 0.5) is 0 Å². The Morgan fingerprint density at radius 2 is 2.20 bits per heavy atom. The summed E-state index contributed by atoms with van der Waals surface area (Å²) < 4.78 is 2.01. The summed E-state index contributed by atoms with van der Waals surface area (Å²) in [4.78, 5) is 4.29. The smallest absolute Gasteiger partial charge is 0.138 e. The van der Waals surface area contributed by atoms with Gasteiger partial charge in [0.25, 0.3) is 0 Å². The molecule has 1 rings (SSSR count). The Hall–Kier alpha value is -0.900. The Labute approximate surface area is 92.1 Å². The maximum atomic E-state index is 4.29.